The zero-order valence-corrected chi connectivity index (χ0v) is 15.5. The van der Waals surface area contributed by atoms with Crippen molar-refractivity contribution in [2.45, 2.75) is 27.2 Å². The topological polar surface area (TPSA) is 86.1 Å². The molecular formula is C18H20N4O2S. The standard InChI is InChI=1S/C18H20N4O2S/c1-18(2,3)10-13-9-15(14-8-6-5-7-12(14)11-19)20-17-16(13)21-25(23,24)22(17)4/h5-9,21H,10H2,1-4H3. The Morgan fingerprint density at radius 3 is 2.60 bits per heavy atom. The summed E-state index contributed by atoms with van der Waals surface area (Å²) in [6, 6.07) is 11.2. The van der Waals surface area contributed by atoms with E-state index in [4.69, 9.17) is 0 Å². The van der Waals surface area contributed by atoms with Crippen LogP contribution in [0.1, 0.15) is 31.9 Å². The first-order valence-corrected chi connectivity index (χ1v) is 9.36. The van der Waals surface area contributed by atoms with Gasteiger partial charge in [-0.05, 0) is 29.5 Å². The second-order valence-corrected chi connectivity index (χ2v) is 9.04. The summed E-state index contributed by atoms with van der Waals surface area (Å²) < 4.78 is 28.2. The molecule has 1 N–H and O–H groups in total. The Bertz CT molecular complexity index is 985. The lowest BCUT2D eigenvalue weighted by Gasteiger charge is -2.20. The molecule has 1 aliphatic heterocycles. The van der Waals surface area contributed by atoms with Crippen molar-refractivity contribution < 1.29 is 8.42 Å². The maximum Gasteiger partial charge on any atom is 0.325 e. The number of hydrogen-bond donors (Lipinski definition) is 1. The second kappa shape index (κ2) is 5.74. The molecule has 0 fully saturated rings. The fourth-order valence-electron chi connectivity index (χ4n) is 2.89. The van der Waals surface area contributed by atoms with Crippen LogP contribution in [0.2, 0.25) is 0 Å². The van der Waals surface area contributed by atoms with Gasteiger partial charge in [-0.15, -0.1) is 0 Å². The summed E-state index contributed by atoms with van der Waals surface area (Å²) in [7, 11) is -2.15. The first kappa shape index (κ1) is 17.2. The Hall–Kier alpha value is -2.59. The number of nitrogens with one attached hydrogen (secondary N) is 1. The summed E-state index contributed by atoms with van der Waals surface area (Å²) in [5.74, 6) is 0.365. The van der Waals surface area contributed by atoms with Gasteiger partial charge >= 0.3 is 10.2 Å². The third-order valence-corrected chi connectivity index (χ3v) is 5.37. The van der Waals surface area contributed by atoms with E-state index in [2.05, 4.69) is 36.5 Å². The summed E-state index contributed by atoms with van der Waals surface area (Å²) in [4.78, 5) is 4.53. The lowest BCUT2D eigenvalue weighted by molar-refractivity contribution is 0.412. The van der Waals surface area contributed by atoms with Crippen molar-refractivity contribution in [1.29, 1.82) is 5.26 Å². The number of benzene rings is 1. The number of anilines is 2. The normalized spacial score (nSPS) is 15.4. The number of nitriles is 1. The van der Waals surface area contributed by atoms with Crippen LogP contribution in [0.5, 0.6) is 0 Å². The van der Waals surface area contributed by atoms with E-state index in [-0.39, 0.29) is 5.41 Å². The quantitative estimate of drug-likeness (QED) is 0.894. The van der Waals surface area contributed by atoms with Gasteiger partial charge in [0.15, 0.2) is 5.82 Å². The number of fused-ring (bicyclic) bond motifs is 1. The van der Waals surface area contributed by atoms with Gasteiger partial charge in [-0.2, -0.15) is 13.7 Å². The van der Waals surface area contributed by atoms with Crippen LogP contribution >= 0.6 is 0 Å². The van der Waals surface area contributed by atoms with Crippen LogP contribution in [-0.2, 0) is 16.6 Å². The number of pyridine rings is 1. The summed E-state index contributed by atoms with van der Waals surface area (Å²) in [5, 5.41) is 9.37. The van der Waals surface area contributed by atoms with Crippen LogP contribution in [0, 0.1) is 16.7 Å². The highest BCUT2D eigenvalue weighted by Crippen LogP contribution is 2.40. The third kappa shape index (κ3) is 3.17. The third-order valence-electron chi connectivity index (χ3n) is 4.02. The first-order chi connectivity index (χ1) is 11.6. The SMILES string of the molecule is CN1c2nc(-c3ccccc3C#N)cc(CC(C)(C)C)c2NS1(=O)=O. The molecule has 0 atom stereocenters. The van der Waals surface area contributed by atoms with Crippen LogP contribution in [0.15, 0.2) is 30.3 Å². The van der Waals surface area contributed by atoms with Gasteiger partial charge < -0.3 is 0 Å². The van der Waals surface area contributed by atoms with E-state index in [1.807, 2.05) is 18.2 Å². The first-order valence-electron chi connectivity index (χ1n) is 7.92. The molecule has 0 saturated carbocycles. The molecule has 25 heavy (non-hydrogen) atoms. The van der Waals surface area contributed by atoms with Gasteiger partial charge in [-0.3, -0.25) is 4.72 Å². The number of aromatic nitrogens is 1. The van der Waals surface area contributed by atoms with Crippen molar-refractivity contribution in [3.05, 3.63) is 41.5 Å². The minimum atomic E-state index is -3.62. The van der Waals surface area contributed by atoms with E-state index in [1.54, 1.807) is 12.1 Å². The maximum atomic E-state index is 12.2. The van der Waals surface area contributed by atoms with Gasteiger partial charge in [-0.1, -0.05) is 39.0 Å². The van der Waals surface area contributed by atoms with Crippen molar-refractivity contribution in [2.24, 2.45) is 5.41 Å². The number of nitrogens with zero attached hydrogens (tertiary/aromatic N) is 3. The average molecular weight is 356 g/mol. The highest BCUT2D eigenvalue weighted by molar-refractivity contribution is 7.94. The molecule has 0 amide bonds. The van der Waals surface area contributed by atoms with Crippen LogP contribution in [0.4, 0.5) is 11.5 Å². The molecule has 1 aliphatic rings. The maximum absolute atomic E-state index is 12.2. The Morgan fingerprint density at radius 2 is 1.96 bits per heavy atom. The van der Waals surface area contributed by atoms with Crippen molar-refractivity contribution in [2.75, 3.05) is 16.1 Å². The van der Waals surface area contributed by atoms with Gasteiger partial charge in [0.05, 0.1) is 23.0 Å². The smallest absolute Gasteiger partial charge is 0.262 e. The van der Waals surface area contributed by atoms with E-state index in [0.717, 1.165) is 9.87 Å². The molecule has 0 unspecified atom stereocenters. The van der Waals surface area contributed by atoms with Gasteiger partial charge in [-0.25, -0.2) is 9.29 Å². The molecule has 3 rings (SSSR count). The van der Waals surface area contributed by atoms with Crippen LogP contribution < -0.4 is 9.03 Å². The minimum Gasteiger partial charge on any atom is -0.262 e. The van der Waals surface area contributed by atoms with Crippen molar-refractivity contribution in [1.82, 2.24) is 4.98 Å². The zero-order valence-electron chi connectivity index (χ0n) is 14.7. The molecule has 6 nitrogen and oxygen atoms in total. The molecule has 130 valence electrons. The predicted molar refractivity (Wildman–Crippen MR) is 98.5 cm³/mol. The van der Waals surface area contributed by atoms with Crippen LogP contribution in [0.3, 0.4) is 0 Å². The molecule has 0 aliphatic carbocycles. The average Bonchev–Trinajstić information content (AvgIpc) is 2.76. The fourth-order valence-corrected chi connectivity index (χ4v) is 3.86. The van der Waals surface area contributed by atoms with Crippen LogP contribution in [0.25, 0.3) is 11.3 Å². The molecule has 7 heteroatoms. The lowest BCUT2D eigenvalue weighted by Crippen LogP contribution is -2.25. The van der Waals surface area contributed by atoms with Gasteiger partial charge in [0, 0.05) is 12.6 Å². The Kier molecular flexibility index (Phi) is 3.96. The summed E-state index contributed by atoms with van der Waals surface area (Å²) in [6.07, 6.45) is 0.677. The molecular weight excluding hydrogens is 336 g/mol. The monoisotopic (exact) mass is 356 g/mol. The van der Waals surface area contributed by atoms with Gasteiger partial charge in [0.2, 0.25) is 0 Å². The second-order valence-electron chi connectivity index (χ2n) is 7.33. The van der Waals surface area contributed by atoms with E-state index >= 15 is 0 Å². The summed E-state index contributed by atoms with van der Waals surface area (Å²) in [5.41, 5.74) is 3.16. The van der Waals surface area contributed by atoms with Crippen molar-refractivity contribution >= 4 is 21.7 Å². The van der Waals surface area contributed by atoms with Gasteiger partial charge in [0.25, 0.3) is 0 Å². The Labute approximate surface area is 148 Å². The number of hydrogen-bond acceptors (Lipinski definition) is 4. The largest absolute Gasteiger partial charge is 0.325 e. The van der Waals surface area contributed by atoms with Crippen molar-refractivity contribution in [3.8, 4) is 17.3 Å². The zero-order chi connectivity index (χ0) is 18.4. The minimum absolute atomic E-state index is 0.0340. The molecule has 0 radical (unpaired) electrons. The summed E-state index contributed by atoms with van der Waals surface area (Å²) >= 11 is 0. The highest BCUT2D eigenvalue weighted by Gasteiger charge is 2.34. The summed E-state index contributed by atoms with van der Waals surface area (Å²) in [6.45, 7) is 6.28. The van der Waals surface area contributed by atoms with E-state index < -0.39 is 10.2 Å². The lowest BCUT2D eigenvalue weighted by atomic mass is 9.87. The molecule has 2 heterocycles. The Morgan fingerprint density at radius 1 is 1.28 bits per heavy atom. The van der Waals surface area contributed by atoms with Crippen LogP contribution in [-0.4, -0.2) is 20.4 Å². The predicted octanol–water partition coefficient (Wildman–Crippen LogP) is 3.32. The molecule has 0 saturated heterocycles. The highest BCUT2D eigenvalue weighted by atomic mass is 32.2. The van der Waals surface area contributed by atoms with E-state index in [9.17, 15) is 13.7 Å². The van der Waals surface area contributed by atoms with E-state index in [1.165, 1.54) is 7.05 Å². The molecule has 2 aromatic rings. The molecule has 0 spiro atoms. The van der Waals surface area contributed by atoms with Crippen molar-refractivity contribution in [3.63, 3.8) is 0 Å². The Balaban J connectivity index is 2.26. The van der Waals surface area contributed by atoms with Gasteiger partial charge in [0.1, 0.15) is 0 Å². The molecule has 0 bridgehead atoms. The number of rotatable bonds is 2. The molecule has 1 aromatic heterocycles. The fraction of sp³-hybridized carbons (Fsp3) is 0.333. The van der Waals surface area contributed by atoms with E-state index in [0.29, 0.717) is 34.7 Å². The molecule has 1 aromatic carbocycles.